The minimum atomic E-state index is 0.0210. The third-order valence-electron chi connectivity index (χ3n) is 3.13. The monoisotopic (exact) mass is 233 g/mol. The number of Topliss-reactive ketones (excluding diaryl/α,β-unsaturated/α-hetero) is 1. The Labute approximate surface area is 107 Å². The number of rotatable bonds is 2. The maximum Gasteiger partial charge on any atom is 0.323 e. The van der Waals surface area contributed by atoms with Crippen molar-refractivity contribution in [1.29, 1.82) is 0 Å². The first kappa shape index (κ1) is 10.8. The Bertz CT molecular complexity index is 584. The van der Waals surface area contributed by atoms with Crippen molar-refractivity contribution < 1.29 is 4.79 Å². The molecule has 2 nitrogen and oxygen atoms in total. The van der Waals surface area contributed by atoms with Gasteiger partial charge in [0.1, 0.15) is 0 Å². The summed E-state index contributed by atoms with van der Waals surface area (Å²) < 4.78 is 0. The first-order valence-electron chi connectivity index (χ1n) is 5.97. The Balaban J connectivity index is 1.95. The van der Waals surface area contributed by atoms with E-state index in [1.54, 1.807) is 0 Å². The minimum absolute atomic E-state index is 0.0210. The lowest BCUT2D eigenvalue weighted by molar-refractivity contribution is 0.104. The van der Waals surface area contributed by atoms with E-state index in [4.69, 9.17) is 0 Å². The fraction of sp³-hybridized carbons (Fsp3) is 0. The number of hydrogen-bond acceptors (Lipinski definition) is 2. The molecule has 86 valence electrons. The van der Waals surface area contributed by atoms with Crippen LogP contribution < -0.4 is 0 Å². The highest BCUT2D eigenvalue weighted by Gasteiger charge is 2.29. The number of benzene rings is 1. The predicted molar refractivity (Wildman–Crippen MR) is 73.9 cm³/mol. The molecule has 0 radical (unpaired) electrons. The quantitative estimate of drug-likeness (QED) is 0.578. The standard InChI is InChI=1S/C15H12BNO/c18-15(13-7-2-1-3-8-13)14-9-6-12-17-11-5-4-10-16(14)17/h1-12H. The SMILES string of the molecule is O=C(C1=CC=CN2C=CC=CB12)c1ccccc1. The third kappa shape index (κ3) is 1.84. The molecule has 1 aromatic rings. The van der Waals surface area contributed by atoms with Gasteiger partial charge in [0.25, 0.3) is 0 Å². The Morgan fingerprint density at radius 1 is 1.00 bits per heavy atom. The predicted octanol–water partition coefficient (Wildman–Crippen LogP) is 2.78. The van der Waals surface area contributed by atoms with Gasteiger partial charge in [-0.25, -0.2) is 0 Å². The fourth-order valence-electron chi connectivity index (χ4n) is 2.23. The highest BCUT2D eigenvalue weighted by molar-refractivity contribution is 6.76. The molecule has 0 saturated carbocycles. The van der Waals surface area contributed by atoms with Crippen LogP contribution in [-0.4, -0.2) is 17.4 Å². The zero-order valence-corrected chi connectivity index (χ0v) is 9.86. The molecule has 18 heavy (non-hydrogen) atoms. The Hall–Kier alpha value is -2.29. The van der Waals surface area contributed by atoms with Crippen molar-refractivity contribution >= 4 is 12.6 Å². The first-order chi connectivity index (χ1) is 8.86. The highest BCUT2D eigenvalue weighted by atomic mass is 16.1. The lowest BCUT2D eigenvalue weighted by atomic mass is 9.50. The van der Waals surface area contributed by atoms with Crippen molar-refractivity contribution in [3.8, 4) is 0 Å². The molecular formula is C15H12BNO. The van der Waals surface area contributed by atoms with E-state index in [1.165, 1.54) is 0 Å². The first-order valence-corrected chi connectivity index (χ1v) is 5.97. The molecule has 0 unspecified atom stereocenters. The summed E-state index contributed by atoms with van der Waals surface area (Å²) in [4.78, 5) is 14.5. The maximum absolute atomic E-state index is 12.5. The van der Waals surface area contributed by atoms with Gasteiger partial charge in [0.05, 0.1) is 0 Å². The third-order valence-corrected chi connectivity index (χ3v) is 3.13. The van der Waals surface area contributed by atoms with Crippen LogP contribution >= 0.6 is 0 Å². The van der Waals surface area contributed by atoms with Crippen LogP contribution in [0.15, 0.2) is 78.5 Å². The molecule has 0 bridgehead atoms. The largest absolute Gasteiger partial charge is 0.389 e. The lowest BCUT2D eigenvalue weighted by Crippen LogP contribution is -2.37. The maximum atomic E-state index is 12.5. The summed E-state index contributed by atoms with van der Waals surface area (Å²) in [6, 6.07) is 9.41. The summed E-state index contributed by atoms with van der Waals surface area (Å²) in [7, 11) is 0. The molecule has 3 heteroatoms. The van der Waals surface area contributed by atoms with Gasteiger partial charge in [-0.2, -0.15) is 0 Å². The highest BCUT2D eigenvalue weighted by Crippen LogP contribution is 2.21. The van der Waals surface area contributed by atoms with Crippen LogP contribution in [0.5, 0.6) is 0 Å². The van der Waals surface area contributed by atoms with E-state index >= 15 is 0 Å². The van der Waals surface area contributed by atoms with Crippen LogP contribution in [0, 0.1) is 0 Å². The van der Waals surface area contributed by atoms with E-state index in [1.807, 2.05) is 77.8 Å². The van der Waals surface area contributed by atoms with Gasteiger partial charge in [-0.15, -0.1) is 0 Å². The van der Waals surface area contributed by atoms with Gasteiger partial charge in [-0.1, -0.05) is 48.5 Å². The molecule has 0 spiro atoms. The topological polar surface area (TPSA) is 20.3 Å². The van der Waals surface area contributed by atoms with E-state index < -0.39 is 0 Å². The summed E-state index contributed by atoms with van der Waals surface area (Å²) >= 11 is 0. The molecule has 1 aromatic carbocycles. The van der Waals surface area contributed by atoms with Crippen LogP contribution in [0.4, 0.5) is 0 Å². The van der Waals surface area contributed by atoms with Gasteiger partial charge in [0.2, 0.25) is 0 Å². The van der Waals surface area contributed by atoms with Gasteiger partial charge in [-0.05, 0) is 30.0 Å². The summed E-state index contributed by atoms with van der Waals surface area (Å²) in [5.41, 5.74) is 1.55. The number of allylic oxidation sites excluding steroid dienone is 5. The van der Waals surface area contributed by atoms with Crippen LogP contribution in [0.25, 0.3) is 0 Å². The molecule has 0 N–H and O–H groups in total. The van der Waals surface area contributed by atoms with Crippen LogP contribution in [0.1, 0.15) is 10.4 Å². The summed E-state index contributed by atoms with van der Waals surface area (Å²) in [6.45, 7) is 0.0210. The van der Waals surface area contributed by atoms with Crippen molar-refractivity contribution in [2.45, 2.75) is 0 Å². The fourth-order valence-corrected chi connectivity index (χ4v) is 2.23. The van der Waals surface area contributed by atoms with E-state index in [2.05, 4.69) is 0 Å². The summed E-state index contributed by atoms with van der Waals surface area (Å²) in [5.74, 6) is 2.13. The van der Waals surface area contributed by atoms with Gasteiger partial charge < -0.3 is 4.81 Å². The van der Waals surface area contributed by atoms with Crippen molar-refractivity contribution in [2.75, 3.05) is 0 Å². The Kier molecular flexibility index (Phi) is 2.73. The average Bonchev–Trinajstić information content (AvgIpc) is 2.47. The Morgan fingerprint density at radius 2 is 1.78 bits per heavy atom. The second-order valence-electron chi connectivity index (χ2n) is 4.28. The van der Waals surface area contributed by atoms with E-state index in [0.717, 1.165) is 11.0 Å². The molecule has 0 atom stereocenters. The van der Waals surface area contributed by atoms with Gasteiger partial charge in [0, 0.05) is 5.56 Å². The van der Waals surface area contributed by atoms with Crippen molar-refractivity contribution in [1.82, 2.24) is 4.81 Å². The Morgan fingerprint density at radius 3 is 2.61 bits per heavy atom. The van der Waals surface area contributed by atoms with Gasteiger partial charge in [-0.3, -0.25) is 4.79 Å². The van der Waals surface area contributed by atoms with E-state index in [0.29, 0.717) is 0 Å². The molecule has 0 aliphatic carbocycles. The molecule has 2 aliphatic heterocycles. The molecule has 3 rings (SSSR count). The molecule has 2 aliphatic rings. The number of fused-ring (bicyclic) bond motifs is 1. The van der Waals surface area contributed by atoms with Crippen molar-refractivity contribution in [3.63, 3.8) is 0 Å². The summed E-state index contributed by atoms with van der Waals surface area (Å²) in [6.07, 6.45) is 11.7. The lowest BCUT2D eigenvalue weighted by Gasteiger charge is -2.28. The molecule has 0 aromatic heterocycles. The number of carbonyl (C=O) groups is 1. The summed E-state index contributed by atoms with van der Waals surface area (Å²) in [5, 5.41) is 0. The smallest absolute Gasteiger partial charge is 0.323 e. The molecule has 0 amide bonds. The van der Waals surface area contributed by atoms with Crippen LogP contribution in [-0.2, 0) is 0 Å². The number of nitrogens with zero attached hydrogens (tertiary/aromatic N) is 1. The second-order valence-corrected chi connectivity index (χ2v) is 4.28. The van der Waals surface area contributed by atoms with Gasteiger partial charge in [0.15, 0.2) is 5.78 Å². The van der Waals surface area contributed by atoms with E-state index in [9.17, 15) is 4.79 Å². The zero-order chi connectivity index (χ0) is 12.4. The van der Waals surface area contributed by atoms with Crippen molar-refractivity contribution in [3.05, 3.63) is 84.0 Å². The number of ketones is 1. The van der Waals surface area contributed by atoms with E-state index in [-0.39, 0.29) is 12.6 Å². The number of hydrogen-bond donors (Lipinski definition) is 0. The van der Waals surface area contributed by atoms with Crippen LogP contribution in [0.2, 0.25) is 0 Å². The molecule has 0 fully saturated rings. The average molecular weight is 233 g/mol. The minimum Gasteiger partial charge on any atom is -0.389 e. The van der Waals surface area contributed by atoms with Crippen molar-refractivity contribution in [2.24, 2.45) is 0 Å². The molecule has 2 heterocycles. The van der Waals surface area contributed by atoms with Crippen LogP contribution in [0.3, 0.4) is 0 Å². The zero-order valence-electron chi connectivity index (χ0n) is 9.86. The molecular weight excluding hydrogens is 221 g/mol. The molecule has 0 saturated heterocycles. The second kappa shape index (κ2) is 4.53. The van der Waals surface area contributed by atoms with Gasteiger partial charge >= 0.3 is 6.85 Å². The normalized spacial score (nSPS) is 16.6. The number of carbonyl (C=O) groups excluding carboxylic acids is 1.